The van der Waals surface area contributed by atoms with Crippen molar-refractivity contribution in [3.63, 3.8) is 0 Å². The highest BCUT2D eigenvalue weighted by atomic mass is 32.2. The molecule has 2 nitrogen and oxygen atoms in total. The Morgan fingerprint density at radius 2 is 1.87 bits per heavy atom. The van der Waals surface area contributed by atoms with Gasteiger partial charge in [0, 0.05) is 23.3 Å². The molecular weight excluding hydrogens is 206 g/mol. The quantitative estimate of drug-likeness (QED) is 0.757. The third-order valence-corrected chi connectivity index (χ3v) is 3.59. The summed E-state index contributed by atoms with van der Waals surface area (Å²) in [7, 11) is 0. The van der Waals surface area contributed by atoms with E-state index in [0.29, 0.717) is 5.92 Å². The van der Waals surface area contributed by atoms with Gasteiger partial charge in [-0.2, -0.15) is 0 Å². The number of thioether (sulfide) groups is 1. The molecule has 84 valence electrons. The lowest BCUT2D eigenvalue weighted by atomic mass is 10.1. The number of rotatable bonds is 5. The summed E-state index contributed by atoms with van der Waals surface area (Å²) in [5.74, 6) is 1.30. The van der Waals surface area contributed by atoms with E-state index in [2.05, 4.69) is 24.3 Å². The second-order valence-electron chi connectivity index (χ2n) is 3.96. The lowest BCUT2D eigenvalue weighted by molar-refractivity contribution is 0.250. The molecule has 0 saturated heterocycles. The molecule has 0 heterocycles. The fraction of sp³-hybridized carbons (Fsp3) is 0.500. The first-order valence-electron chi connectivity index (χ1n) is 5.22. The molecule has 0 aliphatic rings. The molecule has 1 unspecified atom stereocenters. The summed E-state index contributed by atoms with van der Waals surface area (Å²) in [5.41, 5.74) is 6.93. The number of hydrogen-bond donors (Lipinski definition) is 2. The van der Waals surface area contributed by atoms with Gasteiger partial charge < -0.3 is 10.8 Å². The van der Waals surface area contributed by atoms with Crippen LogP contribution >= 0.6 is 11.8 Å². The normalized spacial score (nSPS) is 14.9. The maximum absolute atomic E-state index is 8.90. The Labute approximate surface area is 95.9 Å². The Kier molecular flexibility index (Phi) is 5.15. The van der Waals surface area contributed by atoms with E-state index in [1.807, 2.05) is 13.8 Å². The molecule has 0 aliphatic carbocycles. The minimum Gasteiger partial charge on any atom is -0.396 e. The molecule has 1 rings (SSSR count). The third kappa shape index (κ3) is 4.24. The van der Waals surface area contributed by atoms with Gasteiger partial charge in [0.2, 0.25) is 0 Å². The molecule has 3 heteroatoms. The number of hydrogen-bond acceptors (Lipinski definition) is 3. The zero-order chi connectivity index (χ0) is 11.3. The Balaban J connectivity index is 2.50. The predicted octanol–water partition coefficient (Wildman–Crippen LogP) is 2.43. The highest BCUT2D eigenvalue weighted by molar-refractivity contribution is 7.99. The second kappa shape index (κ2) is 6.16. The Morgan fingerprint density at radius 1 is 1.27 bits per heavy atom. The van der Waals surface area contributed by atoms with Crippen LogP contribution in [0.2, 0.25) is 0 Å². The summed E-state index contributed by atoms with van der Waals surface area (Å²) in [6.45, 7) is 4.28. The minimum absolute atomic E-state index is 0.0976. The standard InChI is InChI=1S/C12H19NOS/c1-9(7-14)8-15-12-5-3-11(4-6-12)10(2)13/h3-6,9-10,14H,7-8,13H2,1-2H3/t9?,10-/m1/s1. The van der Waals surface area contributed by atoms with Gasteiger partial charge in [0.05, 0.1) is 0 Å². The summed E-state index contributed by atoms with van der Waals surface area (Å²) in [6.07, 6.45) is 0. The zero-order valence-electron chi connectivity index (χ0n) is 9.31. The van der Waals surface area contributed by atoms with E-state index in [-0.39, 0.29) is 12.6 Å². The SMILES string of the molecule is CC(CO)CSc1ccc([C@@H](C)N)cc1. The molecule has 0 amide bonds. The van der Waals surface area contributed by atoms with Crippen molar-refractivity contribution in [1.29, 1.82) is 0 Å². The highest BCUT2D eigenvalue weighted by Crippen LogP contribution is 2.22. The van der Waals surface area contributed by atoms with Crippen molar-refractivity contribution in [1.82, 2.24) is 0 Å². The summed E-state index contributed by atoms with van der Waals surface area (Å²) >= 11 is 1.77. The Morgan fingerprint density at radius 3 is 2.33 bits per heavy atom. The van der Waals surface area contributed by atoms with Gasteiger partial charge in [-0.15, -0.1) is 11.8 Å². The molecule has 15 heavy (non-hydrogen) atoms. The molecule has 1 aromatic rings. The van der Waals surface area contributed by atoms with Gasteiger partial charge in [0.25, 0.3) is 0 Å². The van der Waals surface area contributed by atoms with E-state index in [9.17, 15) is 0 Å². The summed E-state index contributed by atoms with van der Waals surface area (Å²) in [5, 5.41) is 8.90. The second-order valence-corrected chi connectivity index (χ2v) is 5.05. The third-order valence-electron chi connectivity index (χ3n) is 2.25. The van der Waals surface area contributed by atoms with Gasteiger partial charge in [0.15, 0.2) is 0 Å². The van der Waals surface area contributed by atoms with Crippen LogP contribution in [-0.2, 0) is 0 Å². The van der Waals surface area contributed by atoms with Crippen LogP contribution in [0.15, 0.2) is 29.2 Å². The average Bonchev–Trinajstić information content (AvgIpc) is 2.26. The monoisotopic (exact) mass is 225 g/mol. The molecule has 0 saturated carbocycles. The van der Waals surface area contributed by atoms with Crippen LogP contribution in [0.5, 0.6) is 0 Å². The first kappa shape index (κ1) is 12.6. The van der Waals surface area contributed by atoms with Gasteiger partial charge in [-0.1, -0.05) is 19.1 Å². The smallest absolute Gasteiger partial charge is 0.0464 e. The Hall–Kier alpha value is -0.510. The van der Waals surface area contributed by atoms with E-state index >= 15 is 0 Å². The maximum Gasteiger partial charge on any atom is 0.0464 e. The van der Waals surface area contributed by atoms with Crippen molar-refractivity contribution in [3.05, 3.63) is 29.8 Å². The summed E-state index contributed by atoms with van der Waals surface area (Å²) in [4.78, 5) is 1.24. The van der Waals surface area contributed by atoms with E-state index < -0.39 is 0 Å². The van der Waals surface area contributed by atoms with E-state index in [1.165, 1.54) is 4.90 Å². The van der Waals surface area contributed by atoms with Crippen molar-refractivity contribution in [2.45, 2.75) is 24.8 Å². The van der Waals surface area contributed by atoms with Crippen LogP contribution in [0.25, 0.3) is 0 Å². The lowest BCUT2D eigenvalue weighted by Gasteiger charge is -2.09. The first-order valence-corrected chi connectivity index (χ1v) is 6.21. The van der Waals surface area contributed by atoms with Crippen molar-refractivity contribution in [2.24, 2.45) is 11.7 Å². The number of benzene rings is 1. The van der Waals surface area contributed by atoms with Gasteiger partial charge in [-0.05, 0) is 30.5 Å². The van der Waals surface area contributed by atoms with Crippen LogP contribution in [0.1, 0.15) is 25.5 Å². The van der Waals surface area contributed by atoms with Crippen molar-refractivity contribution < 1.29 is 5.11 Å². The van der Waals surface area contributed by atoms with Crippen molar-refractivity contribution in [2.75, 3.05) is 12.4 Å². The van der Waals surface area contributed by atoms with Crippen LogP contribution in [-0.4, -0.2) is 17.5 Å². The fourth-order valence-electron chi connectivity index (χ4n) is 1.16. The van der Waals surface area contributed by atoms with Crippen molar-refractivity contribution >= 4 is 11.8 Å². The molecule has 0 bridgehead atoms. The van der Waals surface area contributed by atoms with E-state index in [0.717, 1.165) is 11.3 Å². The summed E-state index contributed by atoms with van der Waals surface area (Å²) in [6, 6.07) is 8.41. The van der Waals surface area contributed by atoms with Gasteiger partial charge >= 0.3 is 0 Å². The average molecular weight is 225 g/mol. The van der Waals surface area contributed by atoms with Gasteiger partial charge in [-0.25, -0.2) is 0 Å². The molecule has 0 aromatic heterocycles. The minimum atomic E-state index is 0.0976. The highest BCUT2D eigenvalue weighted by Gasteiger charge is 2.02. The zero-order valence-corrected chi connectivity index (χ0v) is 10.1. The molecule has 0 fully saturated rings. The Bertz CT molecular complexity index is 284. The molecule has 0 radical (unpaired) electrons. The van der Waals surface area contributed by atoms with Gasteiger partial charge in [-0.3, -0.25) is 0 Å². The number of aliphatic hydroxyl groups excluding tert-OH is 1. The van der Waals surface area contributed by atoms with E-state index in [4.69, 9.17) is 10.8 Å². The van der Waals surface area contributed by atoms with Crippen LogP contribution < -0.4 is 5.73 Å². The number of nitrogens with two attached hydrogens (primary N) is 1. The van der Waals surface area contributed by atoms with E-state index in [1.54, 1.807) is 11.8 Å². The number of aliphatic hydroxyl groups is 1. The molecule has 3 N–H and O–H groups in total. The molecule has 0 spiro atoms. The molecule has 1 aromatic carbocycles. The first-order chi connectivity index (χ1) is 7.13. The van der Waals surface area contributed by atoms with Crippen LogP contribution in [0.4, 0.5) is 0 Å². The van der Waals surface area contributed by atoms with Gasteiger partial charge in [0.1, 0.15) is 0 Å². The maximum atomic E-state index is 8.90. The van der Waals surface area contributed by atoms with Crippen LogP contribution in [0, 0.1) is 5.92 Å². The van der Waals surface area contributed by atoms with Crippen LogP contribution in [0.3, 0.4) is 0 Å². The van der Waals surface area contributed by atoms with Crippen molar-refractivity contribution in [3.8, 4) is 0 Å². The largest absolute Gasteiger partial charge is 0.396 e. The topological polar surface area (TPSA) is 46.2 Å². The molecular formula is C12H19NOS. The predicted molar refractivity (Wildman–Crippen MR) is 66.0 cm³/mol. The fourth-order valence-corrected chi connectivity index (χ4v) is 2.07. The molecule has 2 atom stereocenters. The summed E-state index contributed by atoms with van der Waals surface area (Å²) < 4.78 is 0. The lowest BCUT2D eigenvalue weighted by Crippen LogP contribution is -2.05. The molecule has 0 aliphatic heterocycles.